The minimum absolute atomic E-state index is 0.259. The number of carboxylic acids is 1. The SMILES string of the molecule is O=C(O)[C@@H]1CC[C@H](c2ccccc2Cl)N1C(=O)c1ccc(N2CCCCC2)cc1. The molecule has 2 aromatic carbocycles. The largest absolute Gasteiger partial charge is 0.480 e. The second kappa shape index (κ2) is 8.46. The Balaban J connectivity index is 1.61. The van der Waals surface area contributed by atoms with Crippen molar-refractivity contribution in [2.45, 2.75) is 44.2 Å². The zero-order valence-corrected chi connectivity index (χ0v) is 17.0. The molecule has 2 fully saturated rings. The van der Waals surface area contributed by atoms with Gasteiger partial charge in [-0.2, -0.15) is 0 Å². The summed E-state index contributed by atoms with van der Waals surface area (Å²) in [7, 11) is 0. The molecule has 2 aromatic rings. The molecule has 2 aliphatic rings. The fourth-order valence-corrected chi connectivity index (χ4v) is 4.77. The zero-order valence-electron chi connectivity index (χ0n) is 16.3. The van der Waals surface area contributed by atoms with Crippen molar-refractivity contribution in [2.75, 3.05) is 18.0 Å². The number of carbonyl (C=O) groups excluding carboxylic acids is 1. The van der Waals surface area contributed by atoms with E-state index in [9.17, 15) is 14.7 Å². The van der Waals surface area contributed by atoms with E-state index in [2.05, 4.69) is 4.90 Å². The first-order valence-electron chi connectivity index (χ1n) is 10.2. The fourth-order valence-electron chi connectivity index (χ4n) is 4.50. The summed E-state index contributed by atoms with van der Waals surface area (Å²) in [6, 6.07) is 13.7. The molecule has 4 rings (SSSR count). The van der Waals surface area contributed by atoms with Crippen molar-refractivity contribution in [1.82, 2.24) is 4.90 Å². The first-order chi connectivity index (χ1) is 14.1. The fraction of sp³-hybridized carbons (Fsp3) is 0.391. The smallest absolute Gasteiger partial charge is 0.326 e. The molecule has 0 aliphatic carbocycles. The number of nitrogens with zero attached hydrogens (tertiary/aromatic N) is 2. The molecule has 152 valence electrons. The van der Waals surface area contributed by atoms with Crippen LogP contribution in [0.1, 0.15) is 54.1 Å². The van der Waals surface area contributed by atoms with Crippen LogP contribution in [-0.4, -0.2) is 41.0 Å². The highest BCUT2D eigenvalue weighted by Gasteiger charge is 2.42. The number of piperidine rings is 1. The van der Waals surface area contributed by atoms with Gasteiger partial charge in [-0.1, -0.05) is 29.8 Å². The molecule has 0 saturated carbocycles. The predicted octanol–water partition coefficient (Wildman–Crippen LogP) is 4.76. The summed E-state index contributed by atoms with van der Waals surface area (Å²) in [6.07, 6.45) is 4.64. The maximum atomic E-state index is 13.4. The van der Waals surface area contributed by atoms with Gasteiger partial charge in [0.1, 0.15) is 6.04 Å². The van der Waals surface area contributed by atoms with Gasteiger partial charge in [0.05, 0.1) is 6.04 Å². The molecule has 1 N–H and O–H groups in total. The lowest BCUT2D eigenvalue weighted by atomic mass is 10.0. The number of likely N-dealkylation sites (tertiary alicyclic amines) is 1. The lowest BCUT2D eigenvalue weighted by Gasteiger charge is -2.30. The minimum atomic E-state index is -0.974. The molecular formula is C23H25ClN2O3. The molecule has 0 unspecified atom stereocenters. The van der Waals surface area contributed by atoms with Gasteiger partial charge in [-0.05, 0) is 68.0 Å². The van der Waals surface area contributed by atoms with Crippen molar-refractivity contribution < 1.29 is 14.7 Å². The molecule has 0 spiro atoms. The first kappa shape index (κ1) is 19.8. The second-order valence-electron chi connectivity index (χ2n) is 7.78. The minimum Gasteiger partial charge on any atom is -0.480 e. The summed E-state index contributed by atoms with van der Waals surface area (Å²) in [5.74, 6) is -1.23. The van der Waals surface area contributed by atoms with Crippen LogP contribution in [0.5, 0.6) is 0 Å². The van der Waals surface area contributed by atoms with Crippen molar-refractivity contribution in [2.24, 2.45) is 0 Å². The van der Waals surface area contributed by atoms with Crippen LogP contribution in [0.3, 0.4) is 0 Å². The van der Waals surface area contributed by atoms with Crippen molar-refractivity contribution >= 4 is 29.2 Å². The van der Waals surface area contributed by atoms with Crippen LogP contribution in [0.2, 0.25) is 5.02 Å². The predicted molar refractivity (Wildman–Crippen MR) is 114 cm³/mol. The van der Waals surface area contributed by atoms with E-state index in [1.165, 1.54) is 24.2 Å². The van der Waals surface area contributed by atoms with E-state index >= 15 is 0 Å². The van der Waals surface area contributed by atoms with E-state index in [4.69, 9.17) is 11.6 Å². The lowest BCUT2D eigenvalue weighted by Crippen LogP contribution is -2.41. The van der Waals surface area contributed by atoms with E-state index in [1.807, 2.05) is 42.5 Å². The van der Waals surface area contributed by atoms with E-state index in [-0.39, 0.29) is 11.9 Å². The van der Waals surface area contributed by atoms with Crippen molar-refractivity contribution in [3.8, 4) is 0 Å². The van der Waals surface area contributed by atoms with Crippen LogP contribution in [0, 0.1) is 0 Å². The van der Waals surface area contributed by atoms with Gasteiger partial charge >= 0.3 is 5.97 Å². The third-order valence-electron chi connectivity index (χ3n) is 6.00. The molecule has 2 heterocycles. The van der Waals surface area contributed by atoms with Gasteiger partial charge < -0.3 is 14.9 Å². The topological polar surface area (TPSA) is 60.9 Å². The molecule has 2 aliphatic heterocycles. The average molecular weight is 413 g/mol. The Bertz CT molecular complexity index is 893. The Morgan fingerprint density at radius 2 is 1.62 bits per heavy atom. The zero-order chi connectivity index (χ0) is 20.4. The van der Waals surface area contributed by atoms with Crippen LogP contribution < -0.4 is 4.90 Å². The van der Waals surface area contributed by atoms with E-state index in [0.717, 1.165) is 24.3 Å². The molecule has 1 amide bonds. The number of halogens is 1. The highest BCUT2D eigenvalue weighted by Crippen LogP contribution is 2.40. The van der Waals surface area contributed by atoms with Gasteiger partial charge in [0.2, 0.25) is 0 Å². The Hall–Kier alpha value is -2.53. The van der Waals surface area contributed by atoms with Gasteiger partial charge in [-0.15, -0.1) is 0 Å². The van der Waals surface area contributed by atoms with Gasteiger partial charge in [-0.25, -0.2) is 4.79 Å². The third kappa shape index (κ3) is 3.97. The number of hydrogen-bond donors (Lipinski definition) is 1. The number of amides is 1. The summed E-state index contributed by atoms with van der Waals surface area (Å²) < 4.78 is 0. The van der Waals surface area contributed by atoms with Gasteiger partial charge in [-0.3, -0.25) is 4.79 Å². The van der Waals surface area contributed by atoms with Crippen molar-refractivity contribution in [3.63, 3.8) is 0 Å². The second-order valence-corrected chi connectivity index (χ2v) is 8.18. The Morgan fingerprint density at radius 1 is 0.931 bits per heavy atom. The van der Waals surface area contributed by atoms with Gasteiger partial charge in [0.25, 0.3) is 5.91 Å². The summed E-state index contributed by atoms with van der Waals surface area (Å²) in [5, 5.41) is 10.3. The highest BCUT2D eigenvalue weighted by molar-refractivity contribution is 6.31. The molecule has 0 bridgehead atoms. The molecular weight excluding hydrogens is 388 g/mol. The quantitative estimate of drug-likeness (QED) is 0.786. The molecule has 2 saturated heterocycles. The van der Waals surface area contributed by atoms with E-state index in [0.29, 0.717) is 23.4 Å². The van der Waals surface area contributed by atoms with Crippen molar-refractivity contribution in [3.05, 3.63) is 64.7 Å². The van der Waals surface area contributed by atoms with Crippen LogP contribution in [0.15, 0.2) is 48.5 Å². The molecule has 0 radical (unpaired) electrons. The number of hydrogen-bond acceptors (Lipinski definition) is 3. The maximum absolute atomic E-state index is 13.4. The molecule has 0 aromatic heterocycles. The summed E-state index contributed by atoms with van der Waals surface area (Å²) in [4.78, 5) is 29.0. The third-order valence-corrected chi connectivity index (χ3v) is 6.35. The van der Waals surface area contributed by atoms with Crippen LogP contribution in [0.25, 0.3) is 0 Å². The van der Waals surface area contributed by atoms with E-state index < -0.39 is 12.0 Å². The Kier molecular flexibility index (Phi) is 5.76. The maximum Gasteiger partial charge on any atom is 0.326 e. The lowest BCUT2D eigenvalue weighted by molar-refractivity contribution is -0.141. The number of rotatable bonds is 4. The van der Waals surface area contributed by atoms with Crippen LogP contribution in [-0.2, 0) is 4.79 Å². The van der Waals surface area contributed by atoms with Crippen molar-refractivity contribution in [1.29, 1.82) is 0 Å². The normalized spacial score (nSPS) is 22.0. The summed E-state index contributed by atoms with van der Waals surface area (Å²) in [6.45, 7) is 2.07. The van der Waals surface area contributed by atoms with Crippen LogP contribution >= 0.6 is 11.6 Å². The van der Waals surface area contributed by atoms with Gasteiger partial charge in [0.15, 0.2) is 0 Å². The number of benzene rings is 2. The molecule has 29 heavy (non-hydrogen) atoms. The average Bonchev–Trinajstić information content (AvgIpc) is 3.19. The summed E-state index contributed by atoms with van der Waals surface area (Å²) >= 11 is 6.36. The Morgan fingerprint density at radius 3 is 2.28 bits per heavy atom. The molecule has 5 nitrogen and oxygen atoms in total. The monoisotopic (exact) mass is 412 g/mol. The van der Waals surface area contributed by atoms with Gasteiger partial charge in [0, 0.05) is 29.4 Å². The number of carbonyl (C=O) groups is 2. The standard InChI is InChI=1S/C23H25ClN2O3/c24-19-7-3-2-6-18(19)20-12-13-21(23(28)29)26(20)22(27)16-8-10-17(11-9-16)25-14-4-1-5-15-25/h2-3,6-11,20-21H,1,4-5,12-15H2,(H,28,29)/t20-,21+/m1/s1. The highest BCUT2D eigenvalue weighted by atomic mass is 35.5. The van der Waals surface area contributed by atoms with E-state index in [1.54, 1.807) is 6.07 Å². The summed E-state index contributed by atoms with van der Waals surface area (Å²) in [5.41, 5.74) is 2.42. The molecule has 2 atom stereocenters. The first-order valence-corrected chi connectivity index (χ1v) is 10.6. The molecule has 6 heteroatoms. The Labute approximate surface area is 175 Å². The number of aliphatic carboxylic acids is 1. The van der Waals surface area contributed by atoms with Crippen LogP contribution in [0.4, 0.5) is 5.69 Å². The number of carboxylic acid groups (broad SMARTS) is 1. The number of anilines is 1.